The predicted octanol–water partition coefficient (Wildman–Crippen LogP) is 4.92. The summed E-state index contributed by atoms with van der Waals surface area (Å²) in [5, 5.41) is 27.2. The standard InChI is InChI=1S/C36H50ClN3O10S.C15H22N2O3S/c1-20-10-9-11-27(47-7)36(46)18-26(48-34(45)38-36)21(2)32-35(4,50-32)28(49-33(44)22(3)39(5)29(42)12-13-51-8)17-30(43)40(6)25-16-23(14-20)15-24(19-41)31(25)37;1-16-13(19)11-4-2-10(3-5-11)9-17-12(18)8-15(14(17)20)6-7-21-15/h9-11,15-16,21-22,26-28,32,41,46H,12-14,17-19H2,1-8H3,(H,38,45);10-11H,2-9H2,1H3,(H,16,19)/b11-9+,20-10+;/t21-,22+,26+,27-,28+,32+,35+,36+;/m1./s1. The first-order chi connectivity index (χ1) is 34.0. The van der Waals surface area contributed by atoms with Crippen molar-refractivity contribution in [2.24, 2.45) is 17.8 Å². The minimum Gasteiger partial charge on any atom is -0.457 e. The molecule has 5 fully saturated rings. The molecule has 4 saturated heterocycles. The first-order valence-corrected chi connectivity index (χ1v) is 27.4. The van der Waals surface area contributed by atoms with E-state index in [-0.39, 0.29) is 60.4 Å². The van der Waals surface area contributed by atoms with Crippen LogP contribution in [-0.4, -0.2) is 161 Å². The number of methoxy groups -OCH3 is 1. The number of nitrogens with zero attached hydrogens (tertiary/aromatic N) is 3. The second kappa shape index (κ2) is 24.0. The number of aliphatic hydroxyl groups is 2. The number of halogens is 1. The zero-order valence-electron chi connectivity index (χ0n) is 42.8. The van der Waals surface area contributed by atoms with E-state index >= 15 is 0 Å². The summed E-state index contributed by atoms with van der Waals surface area (Å²) >= 11 is 9.86. The largest absolute Gasteiger partial charge is 0.457 e. The van der Waals surface area contributed by atoms with Gasteiger partial charge in [-0.05, 0) is 94.4 Å². The molecule has 1 aromatic carbocycles. The summed E-state index contributed by atoms with van der Waals surface area (Å²) in [5.41, 5.74) is -0.569. The molecule has 0 aromatic heterocycles. The number of fused-ring (bicyclic) bond motifs is 5. The van der Waals surface area contributed by atoms with Gasteiger partial charge in [-0.3, -0.25) is 34.2 Å². The van der Waals surface area contributed by atoms with E-state index in [2.05, 4.69) is 10.6 Å². The zero-order valence-corrected chi connectivity index (χ0v) is 45.2. The molecule has 5 heterocycles. The molecule has 72 heavy (non-hydrogen) atoms. The van der Waals surface area contributed by atoms with Crippen LogP contribution in [0.15, 0.2) is 35.9 Å². The molecule has 1 saturated carbocycles. The number of likely N-dealkylation sites (tertiary alicyclic amines) is 1. The number of anilines is 1. The molecule has 1 aliphatic carbocycles. The summed E-state index contributed by atoms with van der Waals surface area (Å²) < 4.78 is 23.1. The van der Waals surface area contributed by atoms with Gasteiger partial charge in [-0.15, -0.1) is 11.8 Å². The van der Waals surface area contributed by atoms with Crippen LogP contribution < -0.4 is 15.5 Å². The minimum atomic E-state index is -1.83. The van der Waals surface area contributed by atoms with Gasteiger partial charge in [0.2, 0.25) is 29.5 Å². The number of allylic oxidation sites excluding steroid dienone is 3. The highest BCUT2D eigenvalue weighted by Gasteiger charge is 2.64. The van der Waals surface area contributed by atoms with E-state index in [4.69, 9.17) is 30.5 Å². The van der Waals surface area contributed by atoms with Gasteiger partial charge in [-0.1, -0.05) is 48.4 Å². The molecule has 4 N–H and O–H groups in total. The molecule has 4 bridgehead atoms. The van der Waals surface area contributed by atoms with Crippen LogP contribution in [0, 0.1) is 17.8 Å². The average molecular weight is 1060 g/mol. The van der Waals surface area contributed by atoms with Gasteiger partial charge in [0.05, 0.1) is 36.3 Å². The molecule has 0 radical (unpaired) electrons. The number of likely N-dealkylation sites (N-methyl/N-ethyl adjacent to an activating group) is 1. The van der Waals surface area contributed by atoms with E-state index in [0.29, 0.717) is 42.3 Å². The summed E-state index contributed by atoms with van der Waals surface area (Å²) in [6, 6.07) is 2.57. The van der Waals surface area contributed by atoms with Crippen LogP contribution in [0.2, 0.25) is 5.02 Å². The number of carbonyl (C=O) groups is 7. The lowest BCUT2D eigenvalue weighted by Gasteiger charge is -2.42. The Bertz CT molecular complexity index is 2290. The Kier molecular flexibility index (Phi) is 19.0. The number of epoxide rings is 1. The lowest BCUT2D eigenvalue weighted by molar-refractivity contribution is -0.162. The number of imide groups is 1. The van der Waals surface area contributed by atoms with E-state index in [1.165, 1.54) is 40.6 Å². The number of rotatable bonds is 11. The quantitative estimate of drug-likeness (QED) is 0.131. The molecular weight excluding hydrogens is 990 g/mol. The highest BCUT2D eigenvalue weighted by molar-refractivity contribution is 8.02. The summed E-state index contributed by atoms with van der Waals surface area (Å²) in [5.74, 6) is 0.273. The maximum atomic E-state index is 14.1. The van der Waals surface area contributed by atoms with E-state index in [1.54, 1.807) is 70.9 Å². The van der Waals surface area contributed by atoms with E-state index in [1.807, 2.05) is 19.3 Å². The van der Waals surface area contributed by atoms with Crippen molar-refractivity contribution in [3.8, 4) is 0 Å². The third-order valence-electron chi connectivity index (χ3n) is 15.3. The number of nitrogens with one attached hydrogen (secondary N) is 2. The Labute approximate surface area is 436 Å². The Balaban J connectivity index is 0.000000332. The number of benzene rings is 1. The number of hydrogen-bond donors (Lipinski definition) is 4. The van der Waals surface area contributed by atoms with Crippen LogP contribution >= 0.6 is 35.1 Å². The molecule has 1 aromatic rings. The molecule has 5 aliphatic heterocycles. The first kappa shape index (κ1) is 57.1. The number of amides is 6. The van der Waals surface area contributed by atoms with Gasteiger partial charge in [0.15, 0.2) is 5.72 Å². The summed E-state index contributed by atoms with van der Waals surface area (Å²) in [6.07, 6.45) is 7.78. The molecule has 7 rings (SSSR count). The lowest BCUT2D eigenvalue weighted by Crippen LogP contribution is -2.63. The van der Waals surface area contributed by atoms with Crippen molar-refractivity contribution >= 4 is 82.4 Å². The highest BCUT2D eigenvalue weighted by atomic mass is 35.5. The second-order valence-corrected chi connectivity index (χ2v) is 23.0. The number of carbonyl (C=O) groups excluding carboxylic acids is 7. The maximum absolute atomic E-state index is 14.1. The van der Waals surface area contributed by atoms with Crippen molar-refractivity contribution in [1.82, 2.24) is 20.4 Å². The van der Waals surface area contributed by atoms with Crippen molar-refractivity contribution in [3.05, 3.63) is 52.1 Å². The number of thioether (sulfide) groups is 2. The molecular formula is C51H72ClN5O13S2. The molecule has 398 valence electrons. The molecule has 21 heteroatoms. The van der Waals surface area contributed by atoms with Gasteiger partial charge in [0.25, 0.3) is 0 Å². The number of ether oxygens (including phenoxy) is 4. The zero-order chi connectivity index (χ0) is 52.9. The topological polar surface area (TPSA) is 234 Å². The van der Waals surface area contributed by atoms with Crippen LogP contribution in [-0.2, 0) is 60.7 Å². The average Bonchev–Trinajstić information content (AvgIpc) is 3.97. The molecule has 6 amide bonds. The summed E-state index contributed by atoms with van der Waals surface area (Å²) in [6.45, 7) is 7.16. The van der Waals surface area contributed by atoms with Crippen molar-refractivity contribution in [3.63, 3.8) is 0 Å². The summed E-state index contributed by atoms with van der Waals surface area (Å²) in [4.78, 5) is 93.6. The molecule has 1 spiro atoms. The third kappa shape index (κ3) is 12.7. The molecule has 6 aliphatic rings. The highest BCUT2D eigenvalue weighted by Crippen LogP contribution is 2.50. The fourth-order valence-electron chi connectivity index (χ4n) is 10.3. The Morgan fingerprint density at radius 3 is 2.43 bits per heavy atom. The Morgan fingerprint density at radius 2 is 1.83 bits per heavy atom. The van der Waals surface area contributed by atoms with Gasteiger partial charge < -0.3 is 44.3 Å². The van der Waals surface area contributed by atoms with Gasteiger partial charge >= 0.3 is 12.1 Å². The van der Waals surface area contributed by atoms with Gasteiger partial charge in [-0.25, -0.2) is 9.59 Å². The fourth-order valence-corrected chi connectivity index (χ4v) is 12.2. The molecule has 1 unspecified atom stereocenters. The maximum Gasteiger partial charge on any atom is 0.409 e. The monoisotopic (exact) mass is 1060 g/mol. The predicted molar refractivity (Wildman–Crippen MR) is 274 cm³/mol. The van der Waals surface area contributed by atoms with E-state index in [0.717, 1.165) is 49.0 Å². The molecule has 9 atom stereocenters. The third-order valence-corrected chi connectivity index (χ3v) is 17.8. The first-order valence-electron chi connectivity index (χ1n) is 24.6. The van der Waals surface area contributed by atoms with Gasteiger partial charge in [0.1, 0.15) is 34.7 Å². The lowest BCUT2D eigenvalue weighted by atomic mass is 9.81. The van der Waals surface area contributed by atoms with E-state index in [9.17, 15) is 43.8 Å². The van der Waals surface area contributed by atoms with Crippen LogP contribution in [0.1, 0.15) is 96.6 Å². The number of esters is 1. The number of alkyl carbamates (subject to hydrolysis) is 1. The fraction of sp³-hybridized carbons (Fsp3) is 0.667. The van der Waals surface area contributed by atoms with Crippen molar-refractivity contribution < 1.29 is 62.7 Å². The van der Waals surface area contributed by atoms with Gasteiger partial charge in [0, 0.05) is 65.2 Å². The molecule has 18 nitrogen and oxygen atoms in total. The normalized spacial score (nSPS) is 33.2. The Morgan fingerprint density at radius 1 is 1.14 bits per heavy atom. The van der Waals surface area contributed by atoms with Crippen LogP contribution in [0.5, 0.6) is 0 Å². The number of hydrogen-bond acceptors (Lipinski definition) is 15. The summed E-state index contributed by atoms with van der Waals surface area (Å²) in [7, 11) is 6.18. The van der Waals surface area contributed by atoms with Crippen LogP contribution in [0.4, 0.5) is 10.5 Å². The number of aliphatic hydroxyl groups excluding tert-OH is 1. The Hall–Kier alpha value is -4.18. The van der Waals surface area contributed by atoms with Crippen LogP contribution in [0.25, 0.3) is 0 Å². The minimum absolute atomic E-state index is 0.000578. The SMILES string of the molecule is CNC(=O)C1CCC(CN2C(=O)CC3(CCS3)C2=O)CC1.CO[C@@H]1/C=C/C=C(\C)Cc2cc(CO)c(Cl)c(c2)N(C)C(=O)C[C@H](OC(=O)[C@H](C)N(C)C(=O)CCSC)[C@]2(C)O[C@H]2[C@H](C)[C@@H]2C[C@@]1(O)NC(=O)O2. The van der Waals surface area contributed by atoms with Crippen molar-refractivity contribution in [2.45, 2.75) is 145 Å². The van der Waals surface area contributed by atoms with Crippen molar-refractivity contribution in [1.29, 1.82) is 0 Å². The second-order valence-electron chi connectivity index (χ2n) is 20.2. The smallest absolute Gasteiger partial charge is 0.409 e. The van der Waals surface area contributed by atoms with Gasteiger partial charge in [-0.2, -0.15) is 11.8 Å². The van der Waals surface area contributed by atoms with Crippen LogP contribution in [0.3, 0.4) is 0 Å². The van der Waals surface area contributed by atoms with E-state index < -0.39 is 70.4 Å². The van der Waals surface area contributed by atoms with Crippen molar-refractivity contribution in [2.75, 3.05) is 57.5 Å².